The number of rotatable bonds is 2. The SMILES string of the molecule is CC(C)c1nc(Br)c2ccc(CN)cn12. The highest BCUT2D eigenvalue weighted by Gasteiger charge is 2.11. The molecule has 0 amide bonds. The summed E-state index contributed by atoms with van der Waals surface area (Å²) >= 11 is 3.47. The Balaban J connectivity index is 2.71. The van der Waals surface area contributed by atoms with E-state index in [-0.39, 0.29) is 0 Å². The number of hydrogen-bond donors (Lipinski definition) is 1. The monoisotopic (exact) mass is 267 g/mol. The molecule has 0 radical (unpaired) electrons. The fourth-order valence-corrected chi connectivity index (χ4v) is 2.15. The van der Waals surface area contributed by atoms with Crippen molar-refractivity contribution in [3.05, 3.63) is 34.3 Å². The molecule has 0 atom stereocenters. The molecule has 2 rings (SSSR count). The standard InChI is InChI=1S/C11H14BrN3/c1-7(2)11-14-10(12)9-4-3-8(5-13)6-15(9)11/h3-4,6-7H,5,13H2,1-2H3. The van der Waals surface area contributed by atoms with Crippen molar-refractivity contribution in [1.29, 1.82) is 0 Å². The van der Waals surface area contributed by atoms with Crippen LogP contribution in [0.15, 0.2) is 22.9 Å². The largest absolute Gasteiger partial charge is 0.326 e. The summed E-state index contributed by atoms with van der Waals surface area (Å²) in [6.07, 6.45) is 2.06. The van der Waals surface area contributed by atoms with Crippen molar-refractivity contribution in [2.45, 2.75) is 26.3 Å². The van der Waals surface area contributed by atoms with E-state index >= 15 is 0 Å². The quantitative estimate of drug-likeness (QED) is 0.909. The molecular weight excluding hydrogens is 254 g/mol. The Morgan fingerprint density at radius 2 is 2.20 bits per heavy atom. The van der Waals surface area contributed by atoms with Gasteiger partial charge in [-0.2, -0.15) is 0 Å². The van der Waals surface area contributed by atoms with E-state index in [4.69, 9.17) is 5.73 Å². The van der Waals surface area contributed by atoms with E-state index < -0.39 is 0 Å². The number of aromatic nitrogens is 2. The van der Waals surface area contributed by atoms with Crippen molar-refractivity contribution in [1.82, 2.24) is 9.38 Å². The summed E-state index contributed by atoms with van der Waals surface area (Å²) in [5, 5.41) is 0. The number of nitrogens with zero attached hydrogens (tertiary/aromatic N) is 2. The normalized spacial score (nSPS) is 11.5. The third kappa shape index (κ3) is 1.79. The summed E-state index contributed by atoms with van der Waals surface area (Å²) in [7, 11) is 0. The predicted octanol–water partition coefficient (Wildman–Crippen LogP) is 2.68. The van der Waals surface area contributed by atoms with Gasteiger partial charge in [-0.25, -0.2) is 4.98 Å². The highest BCUT2D eigenvalue weighted by molar-refractivity contribution is 9.10. The molecule has 0 aliphatic rings. The Morgan fingerprint density at radius 1 is 1.47 bits per heavy atom. The van der Waals surface area contributed by atoms with Crippen molar-refractivity contribution in [3.8, 4) is 0 Å². The lowest BCUT2D eigenvalue weighted by molar-refractivity contribution is 0.766. The molecule has 0 bridgehead atoms. The van der Waals surface area contributed by atoms with Crippen molar-refractivity contribution in [3.63, 3.8) is 0 Å². The van der Waals surface area contributed by atoms with Gasteiger partial charge in [-0.3, -0.25) is 0 Å². The minimum absolute atomic E-state index is 0.400. The molecule has 80 valence electrons. The van der Waals surface area contributed by atoms with Crippen LogP contribution < -0.4 is 5.73 Å². The highest BCUT2D eigenvalue weighted by atomic mass is 79.9. The maximum atomic E-state index is 5.63. The maximum absolute atomic E-state index is 5.63. The number of pyridine rings is 1. The van der Waals surface area contributed by atoms with Gasteiger partial charge in [0.2, 0.25) is 0 Å². The van der Waals surface area contributed by atoms with Crippen LogP contribution in [0.5, 0.6) is 0 Å². The molecule has 0 aliphatic carbocycles. The summed E-state index contributed by atoms with van der Waals surface area (Å²) in [5.41, 5.74) is 7.84. The number of fused-ring (bicyclic) bond motifs is 1. The van der Waals surface area contributed by atoms with E-state index in [1.165, 1.54) is 0 Å². The van der Waals surface area contributed by atoms with E-state index in [9.17, 15) is 0 Å². The van der Waals surface area contributed by atoms with Crippen LogP contribution in [0.3, 0.4) is 0 Å². The van der Waals surface area contributed by atoms with Gasteiger partial charge in [-0.05, 0) is 27.6 Å². The predicted molar refractivity (Wildman–Crippen MR) is 64.9 cm³/mol. The first-order valence-corrected chi connectivity index (χ1v) is 5.79. The van der Waals surface area contributed by atoms with Crippen molar-refractivity contribution in [2.75, 3.05) is 0 Å². The molecule has 0 saturated heterocycles. The lowest BCUT2D eigenvalue weighted by Gasteiger charge is -2.05. The number of halogens is 1. The van der Waals surface area contributed by atoms with Gasteiger partial charge in [-0.15, -0.1) is 0 Å². The zero-order chi connectivity index (χ0) is 11.0. The molecular formula is C11H14BrN3. The molecule has 0 saturated carbocycles. The van der Waals surface area contributed by atoms with E-state index in [2.05, 4.69) is 45.4 Å². The molecule has 0 unspecified atom stereocenters. The fraction of sp³-hybridized carbons (Fsp3) is 0.364. The van der Waals surface area contributed by atoms with Gasteiger partial charge in [0.1, 0.15) is 10.4 Å². The topological polar surface area (TPSA) is 43.3 Å². The first-order chi connectivity index (χ1) is 7.13. The molecule has 2 aromatic heterocycles. The van der Waals surface area contributed by atoms with Crippen LogP contribution in [0.4, 0.5) is 0 Å². The molecule has 0 fully saturated rings. The molecule has 2 aromatic rings. The van der Waals surface area contributed by atoms with E-state index in [0.29, 0.717) is 12.5 Å². The second-order valence-electron chi connectivity index (χ2n) is 3.91. The maximum Gasteiger partial charge on any atom is 0.132 e. The van der Waals surface area contributed by atoms with Gasteiger partial charge in [0.25, 0.3) is 0 Å². The fourth-order valence-electron chi connectivity index (χ4n) is 1.64. The van der Waals surface area contributed by atoms with Crippen LogP contribution in [-0.2, 0) is 6.54 Å². The third-order valence-corrected chi connectivity index (χ3v) is 3.02. The summed E-state index contributed by atoms with van der Waals surface area (Å²) in [6.45, 7) is 4.83. The average Bonchev–Trinajstić information content (AvgIpc) is 2.56. The average molecular weight is 268 g/mol. The Hall–Kier alpha value is -0.870. The van der Waals surface area contributed by atoms with Crippen LogP contribution >= 0.6 is 15.9 Å². The van der Waals surface area contributed by atoms with Crippen molar-refractivity contribution in [2.24, 2.45) is 5.73 Å². The minimum Gasteiger partial charge on any atom is -0.326 e. The summed E-state index contributed by atoms with van der Waals surface area (Å²) < 4.78 is 3.01. The Labute approximate surface area is 97.4 Å². The first kappa shape index (κ1) is 10.6. The lowest BCUT2D eigenvalue weighted by atomic mass is 10.2. The smallest absolute Gasteiger partial charge is 0.132 e. The first-order valence-electron chi connectivity index (χ1n) is 5.00. The lowest BCUT2D eigenvalue weighted by Crippen LogP contribution is -2.01. The number of imidazole rings is 1. The Morgan fingerprint density at radius 3 is 2.80 bits per heavy atom. The second-order valence-corrected chi connectivity index (χ2v) is 4.66. The Bertz CT molecular complexity index is 488. The van der Waals surface area contributed by atoms with Crippen molar-refractivity contribution >= 4 is 21.4 Å². The van der Waals surface area contributed by atoms with Crippen LogP contribution in [0.2, 0.25) is 0 Å². The molecule has 0 aliphatic heterocycles. The van der Waals surface area contributed by atoms with Gasteiger partial charge in [0.05, 0.1) is 5.52 Å². The zero-order valence-corrected chi connectivity index (χ0v) is 10.5. The number of hydrogen-bond acceptors (Lipinski definition) is 2. The van der Waals surface area contributed by atoms with Crippen LogP contribution in [-0.4, -0.2) is 9.38 Å². The molecule has 2 N–H and O–H groups in total. The molecule has 4 heteroatoms. The second kappa shape index (κ2) is 3.94. The summed E-state index contributed by atoms with van der Waals surface area (Å²) in [5.74, 6) is 1.46. The van der Waals surface area contributed by atoms with Gasteiger partial charge in [-0.1, -0.05) is 19.9 Å². The van der Waals surface area contributed by atoms with E-state index in [1.807, 2.05) is 12.1 Å². The minimum atomic E-state index is 0.400. The van der Waals surface area contributed by atoms with Gasteiger partial charge in [0, 0.05) is 18.7 Å². The van der Waals surface area contributed by atoms with E-state index in [0.717, 1.165) is 21.5 Å². The van der Waals surface area contributed by atoms with Gasteiger partial charge in [0.15, 0.2) is 0 Å². The van der Waals surface area contributed by atoms with Crippen LogP contribution in [0, 0.1) is 0 Å². The highest BCUT2D eigenvalue weighted by Crippen LogP contribution is 2.23. The molecule has 0 aromatic carbocycles. The number of nitrogens with two attached hydrogens (primary N) is 1. The summed E-state index contributed by atoms with van der Waals surface area (Å²) in [6, 6.07) is 4.08. The zero-order valence-electron chi connectivity index (χ0n) is 8.87. The molecule has 0 spiro atoms. The van der Waals surface area contributed by atoms with Crippen LogP contribution in [0.25, 0.3) is 5.52 Å². The van der Waals surface area contributed by atoms with Crippen molar-refractivity contribution < 1.29 is 0 Å². The molecule has 2 heterocycles. The molecule has 3 nitrogen and oxygen atoms in total. The van der Waals surface area contributed by atoms with Gasteiger partial charge < -0.3 is 10.1 Å². The summed E-state index contributed by atoms with van der Waals surface area (Å²) in [4.78, 5) is 4.50. The van der Waals surface area contributed by atoms with Gasteiger partial charge >= 0.3 is 0 Å². The Kier molecular flexibility index (Phi) is 2.80. The molecule has 15 heavy (non-hydrogen) atoms. The third-order valence-electron chi connectivity index (χ3n) is 2.43. The van der Waals surface area contributed by atoms with Crippen LogP contribution in [0.1, 0.15) is 31.2 Å². The van der Waals surface area contributed by atoms with E-state index in [1.54, 1.807) is 0 Å².